The van der Waals surface area contributed by atoms with Crippen LogP contribution in [-0.2, 0) is 9.59 Å². The van der Waals surface area contributed by atoms with Gasteiger partial charge in [-0.15, -0.1) is 11.8 Å². The zero-order chi connectivity index (χ0) is 18.0. The van der Waals surface area contributed by atoms with Crippen molar-refractivity contribution in [3.63, 3.8) is 0 Å². The van der Waals surface area contributed by atoms with Crippen LogP contribution in [0.1, 0.15) is 37.7 Å². The Morgan fingerprint density at radius 1 is 1.12 bits per heavy atom. The van der Waals surface area contributed by atoms with Gasteiger partial charge in [0.2, 0.25) is 0 Å². The third-order valence-electron chi connectivity index (χ3n) is 4.55. The van der Waals surface area contributed by atoms with Crippen molar-refractivity contribution >= 4 is 52.4 Å². The van der Waals surface area contributed by atoms with Crippen molar-refractivity contribution in [2.75, 3.05) is 12.4 Å². The van der Waals surface area contributed by atoms with Gasteiger partial charge in [0, 0.05) is 22.4 Å². The quantitative estimate of drug-likeness (QED) is 0.756. The number of hydrogen-bond donors (Lipinski definition) is 1. The van der Waals surface area contributed by atoms with Crippen molar-refractivity contribution < 1.29 is 14.7 Å². The molecule has 0 saturated heterocycles. The van der Waals surface area contributed by atoms with Gasteiger partial charge in [0.05, 0.1) is 22.1 Å². The molecule has 1 aromatic carbocycles. The maximum Gasteiger partial charge on any atom is 0.268 e. The molecule has 0 unspecified atom stereocenters. The van der Waals surface area contributed by atoms with E-state index >= 15 is 0 Å². The Labute approximate surface area is 161 Å². The number of carbonyl (C=O) groups is 2. The number of hydrogen-bond acceptors (Lipinski definition) is 4. The van der Waals surface area contributed by atoms with Gasteiger partial charge >= 0.3 is 0 Å². The molecule has 1 aliphatic heterocycles. The number of benzene rings is 1. The average Bonchev–Trinajstić information content (AvgIpc) is 2.84. The van der Waals surface area contributed by atoms with Gasteiger partial charge in [-0.3, -0.25) is 14.5 Å². The summed E-state index contributed by atoms with van der Waals surface area (Å²) in [6, 6.07) is 4.85. The smallest absolute Gasteiger partial charge is 0.268 e. The summed E-state index contributed by atoms with van der Waals surface area (Å²) in [7, 11) is 0. The van der Waals surface area contributed by atoms with Crippen LogP contribution in [0.2, 0.25) is 10.0 Å². The van der Waals surface area contributed by atoms with Crippen molar-refractivity contribution in [3.05, 3.63) is 38.7 Å². The van der Waals surface area contributed by atoms with Gasteiger partial charge in [-0.05, 0) is 25.0 Å². The van der Waals surface area contributed by atoms with Crippen molar-refractivity contribution in [1.29, 1.82) is 0 Å². The Kier molecular flexibility index (Phi) is 6.10. The van der Waals surface area contributed by atoms with E-state index in [1.165, 1.54) is 16.7 Å². The van der Waals surface area contributed by atoms with Gasteiger partial charge in [0.1, 0.15) is 0 Å². The SMILES string of the molecule is O=C1C(SCCO)=C(c2ccc(Cl)cc2Cl)C(=O)N1C1CCCCC1. The molecule has 134 valence electrons. The van der Waals surface area contributed by atoms with E-state index in [1.807, 2.05) is 0 Å². The Balaban J connectivity index is 2.02. The van der Waals surface area contributed by atoms with Crippen LogP contribution in [0.3, 0.4) is 0 Å². The number of carbonyl (C=O) groups excluding carboxylic acids is 2. The van der Waals surface area contributed by atoms with Crippen molar-refractivity contribution in [1.82, 2.24) is 4.90 Å². The number of aliphatic hydroxyl groups excluding tert-OH is 1. The second-order valence-corrected chi connectivity index (χ2v) is 8.12. The molecule has 0 aromatic heterocycles. The Morgan fingerprint density at radius 2 is 1.84 bits per heavy atom. The monoisotopic (exact) mass is 399 g/mol. The first-order valence-electron chi connectivity index (χ1n) is 8.36. The van der Waals surface area contributed by atoms with Crippen LogP contribution in [0.15, 0.2) is 23.1 Å². The van der Waals surface area contributed by atoms with Gasteiger partial charge < -0.3 is 5.11 Å². The van der Waals surface area contributed by atoms with E-state index in [2.05, 4.69) is 0 Å². The maximum absolute atomic E-state index is 13.1. The molecule has 2 amide bonds. The summed E-state index contributed by atoms with van der Waals surface area (Å²) < 4.78 is 0. The van der Waals surface area contributed by atoms with E-state index in [1.54, 1.807) is 18.2 Å². The molecule has 7 heteroatoms. The first-order valence-corrected chi connectivity index (χ1v) is 10.1. The van der Waals surface area contributed by atoms with E-state index < -0.39 is 0 Å². The molecule has 4 nitrogen and oxygen atoms in total. The van der Waals surface area contributed by atoms with E-state index in [0.717, 1.165) is 32.1 Å². The Hall–Kier alpha value is -1.01. The third kappa shape index (κ3) is 3.75. The summed E-state index contributed by atoms with van der Waals surface area (Å²) in [5.41, 5.74) is 0.846. The summed E-state index contributed by atoms with van der Waals surface area (Å²) in [6.07, 6.45) is 4.88. The van der Waals surface area contributed by atoms with E-state index in [0.29, 0.717) is 31.8 Å². The molecule has 1 heterocycles. The highest BCUT2D eigenvalue weighted by atomic mass is 35.5. The summed E-state index contributed by atoms with van der Waals surface area (Å²) >= 11 is 13.5. The highest BCUT2D eigenvalue weighted by Gasteiger charge is 2.43. The average molecular weight is 400 g/mol. The number of nitrogens with zero attached hydrogens (tertiary/aromatic N) is 1. The van der Waals surface area contributed by atoms with E-state index in [9.17, 15) is 9.59 Å². The molecule has 2 aliphatic rings. The number of halogens is 2. The fourth-order valence-corrected chi connectivity index (χ4v) is 4.77. The van der Waals surface area contributed by atoms with Crippen LogP contribution >= 0.6 is 35.0 Å². The second-order valence-electron chi connectivity index (χ2n) is 6.17. The van der Waals surface area contributed by atoms with E-state index in [4.69, 9.17) is 28.3 Å². The summed E-state index contributed by atoms with van der Waals surface area (Å²) in [6.45, 7) is -0.0688. The van der Waals surface area contributed by atoms with E-state index in [-0.39, 0.29) is 24.5 Å². The first kappa shape index (κ1) is 18.8. The molecule has 0 radical (unpaired) electrons. The van der Waals surface area contributed by atoms with Crippen LogP contribution in [0, 0.1) is 0 Å². The van der Waals surface area contributed by atoms with Crippen molar-refractivity contribution in [2.45, 2.75) is 38.1 Å². The topological polar surface area (TPSA) is 57.6 Å². The van der Waals surface area contributed by atoms with Gasteiger partial charge in [-0.1, -0.05) is 48.5 Å². The summed E-state index contributed by atoms with van der Waals surface area (Å²) in [5, 5.41) is 9.96. The highest BCUT2D eigenvalue weighted by Crippen LogP contribution is 2.41. The van der Waals surface area contributed by atoms with Gasteiger partial charge in [-0.2, -0.15) is 0 Å². The molecule has 0 bridgehead atoms. The van der Waals surface area contributed by atoms with Gasteiger partial charge in [0.15, 0.2) is 0 Å². The molecule has 0 atom stereocenters. The number of amides is 2. The third-order valence-corrected chi connectivity index (χ3v) is 6.15. The lowest BCUT2D eigenvalue weighted by Crippen LogP contribution is -2.42. The second kappa shape index (κ2) is 8.12. The fraction of sp³-hybridized carbons (Fsp3) is 0.444. The minimum Gasteiger partial charge on any atom is -0.396 e. The van der Waals surface area contributed by atoms with Crippen LogP contribution in [-0.4, -0.2) is 40.2 Å². The minimum atomic E-state index is -0.290. The summed E-state index contributed by atoms with van der Waals surface area (Å²) in [5.74, 6) is -0.209. The number of thioether (sulfide) groups is 1. The molecule has 1 saturated carbocycles. The molecule has 25 heavy (non-hydrogen) atoms. The molecule has 0 spiro atoms. The lowest BCUT2D eigenvalue weighted by Gasteiger charge is -2.30. The molecule has 1 aliphatic carbocycles. The maximum atomic E-state index is 13.1. The highest BCUT2D eigenvalue weighted by molar-refractivity contribution is 8.04. The fourth-order valence-electron chi connectivity index (χ4n) is 3.41. The molecular formula is C18H19Cl2NO3S. The lowest BCUT2D eigenvalue weighted by molar-refractivity contribution is -0.139. The molecule has 3 rings (SSSR count). The molecule has 1 aromatic rings. The first-order chi connectivity index (χ1) is 12.0. The van der Waals surface area contributed by atoms with Crippen LogP contribution in [0.25, 0.3) is 5.57 Å². The number of aliphatic hydroxyl groups is 1. The largest absolute Gasteiger partial charge is 0.396 e. The van der Waals surface area contributed by atoms with Crippen LogP contribution < -0.4 is 0 Å². The molecule has 1 N–H and O–H groups in total. The van der Waals surface area contributed by atoms with Crippen molar-refractivity contribution in [2.24, 2.45) is 0 Å². The standard InChI is InChI=1S/C18H19Cl2NO3S/c19-11-6-7-13(14(20)10-11)15-16(25-9-8-22)18(24)21(17(15)23)12-4-2-1-3-5-12/h6-7,10,12,22H,1-5,8-9H2. The lowest BCUT2D eigenvalue weighted by atomic mass is 9.94. The zero-order valence-corrected chi connectivity index (χ0v) is 16.0. The predicted octanol–water partition coefficient (Wildman–Crippen LogP) is 4.13. The number of rotatable bonds is 5. The zero-order valence-electron chi connectivity index (χ0n) is 13.6. The molecular weight excluding hydrogens is 381 g/mol. The number of imide groups is 1. The van der Waals surface area contributed by atoms with Gasteiger partial charge in [-0.25, -0.2) is 0 Å². The normalized spacial score (nSPS) is 19.2. The predicted molar refractivity (Wildman–Crippen MR) is 102 cm³/mol. The summed E-state index contributed by atoms with van der Waals surface area (Å²) in [4.78, 5) is 27.8. The van der Waals surface area contributed by atoms with Crippen LogP contribution in [0.5, 0.6) is 0 Å². The Bertz CT molecular complexity index is 729. The van der Waals surface area contributed by atoms with Crippen LogP contribution in [0.4, 0.5) is 0 Å². The minimum absolute atomic E-state index is 0.0537. The van der Waals surface area contributed by atoms with Crippen molar-refractivity contribution in [3.8, 4) is 0 Å². The Morgan fingerprint density at radius 3 is 2.48 bits per heavy atom. The molecule has 1 fully saturated rings. The van der Waals surface area contributed by atoms with Gasteiger partial charge in [0.25, 0.3) is 11.8 Å².